The molecule has 1 aromatic rings. The molecule has 2 aliphatic rings. The van der Waals surface area contributed by atoms with Gasteiger partial charge in [-0.25, -0.2) is 4.79 Å². The van der Waals surface area contributed by atoms with Crippen molar-refractivity contribution in [2.24, 2.45) is 11.8 Å². The number of carboxylic acid groups (broad SMARTS) is 1. The lowest BCUT2D eigenvalue weighted by atomic mass is 9.82. The van der Waals surface area contributed by atoms with Crippen LogP contribution in [0.5, 0.6) is 0 Å². The zero-order valence-electron chi connectivity index (χ0n) is 13.3. The maximum absolute atomic E-state index is 12.6. The molecule has 0 spiro atoms. The van der Waals surface area contributed by atoms with Crippen LogP contribution in [0.2, 0.25) is 0 Å². The summed E-state index contributed by atoms with van der Waals surface area (Å²) in [4.78, 5) is 37.0. The Morgan fingerprint density at radius 1 is 1.21 bits per heavy atom. The van der Waals surface area contributed by atoms with Crippen LogP contribution >= 0.6 is 11.3 Å². The Labute approximate surface area is 143 Å². The molecule has 2 aliphatic carbocycles. The maximum Gasteiger partial charge on any atom is 0.341 e. The van der Waals surface area contributed by atoms with Crippen molar-refractivity contribution >= 4 is 34.2 Å². The monoisotopic (exact) mass is 348 g/mol. The molecule has 2 atom stereocenters. The molecule has 0 aliphatic heterocycles. The third-order valence-electron chi connectivity index (χ3n) is 4.62. The first-order valence-electron chi connectivity index (χ1n) is 7.92. The highest BCUT2D eigenvalue weighted by Gasteiger charge is 2.33. The first-order valence-corrected chi connectivity index (χ1v) is 8.74. The lowest BCUT2D eigenvalue weighted by molar-refractivity contribution is -0.313. The third-order valence-corrected chi connectivity index (χ3v) is 5.83. The Morgan fingerprint density at radius 2 is 1.92 bits per heavy atom. The lowest BCUT2D eigenvalue weighted by Gasteiger charge is -2.28. The van der Waals surface area contributed by atoms with Crippen molar-refractivity contribution in [3.8, 4) is 0 Å². The average Bonchev–Trinajstić information content (AvgIpc) is 3.14. The maximum atomic E-state index is 12.6. The van der Waals surface area contributed by atoms with E-state index in [1.54, 1.807) is 12.2 Å². The van der Waals surface area contributed by atoms with E-state index in [0.717, 1.165) is 29.7 Å². The van der Waals surface area contributed by atoms with Crippen molar-refractivity contribution in [1.29, 1.82) is 0 Å². The van der Waals surface area contributed by atoms with Gasteiger partial charge in [0.15, 0.2) is 0 Å². The minimum absolute atomic E-state index is 0.283. The van der Waals surface area contributed by atoms with Crippen LogP contribution in [0.15, 0.2) is 12.2 Å². The first-order chi connectivity index (χ1) is 11.5. The Kier molecular flexibility index (Phi) is 4.71. The summed E-state index contributed by atoms with van der Waals surface area (Å²) < 4.78 is 4.85. The second-order valence-electron chi connectivity index (χ2n) is 6.02. The molecule has 0 unspecified atom stereocenters. The minimum atomic E-state index is -1.22. The van der Waals surface area contributed by atoms with Crippen LogP contribution < -0.4 is 10.4 Å². The number of fused-ring (bicyclic) bond motifs is 1. The molecule has 1 N–H and O–H groups in total. The van der Waals surface area contributed by atoms with Gasteiger partial charge in [-0.15, -0.1) is 11.3 Å². The molecule has 0 saturated heterocycles. The number of amides is 1. The SMILES string of the molecule is COC(=O)c1c(NC(=O)[C@@H]2CC=CC[C@@H]2C(=O)[O-])sc2c1CCC2. The molecule has 7 heteroatoms. The molecule has 0 fully saturated rings. The minimum Gasteiger partial charge on any atom is -0.550 e. The molecule has 24 heavy (non-hydrogen) atoms. The quantitative estimate of drug-likeness (QED) is 0.653. The number of allylic oxidation sites excluding steroid dienone is 2. The number of hydrogen-bond donors (Lipinski definition) is 1. The Morgan fingerprint density at radius 3 is 2.58 bits per heavy atom. The first kappa shape index (κ1) is 16.7. The van der Waals surface area contributed by atoms with Gasteiger partial charge in [0.1, 0.15) is 5.00 Å². The van der Waals surface area contributed by atoms with Gasteiger partial charge in [-0.3, -0.25) is 4.79 Å². The van der Waals surface area contributed by atoms with Crippen LogP contribution in [0.3, 0.4) is 0 Å². The highest BCUT2D eigenvalue weighted by Crippen LogP contribution is 2.40. The summed E-state index contributed by atoms with van der Waals surface area (Å²) in [6, 6.07) is 0. The summed E-state index contributed by atoms with van der Waals surface area (Å²) >= 11 is 1.38. The number of hydrogen-bond acceptors (Lipinski definition) is 6. The van der Waals surface area contributed by atoms with E-state index in [2.05, 4.69) is 5.32 Å². The summed E-state index contributed by atoms with van der Waals surface area (Å²) in [5.74, 6) is -3.62. The van der Waals surface area contributed by atoms with Gasteiger partial charge < -0.3 is 20.0 Å². The second-order valence-corrected chi connectivity index (χ2v) is 7.12. The summed E-state index contributed by atoms with van der Waals surface area (Å²) in [5, 5.41) is 14.5. The molecule has 3 rings (SSSR count). The van der Waals surface area contributed by atoms with Crippen LogP contribution in [0.1, 0.15) is 40.1 Å². The molecule has 0 bridgehead atoms. The van der Waals surface area contributed by atoms with Gasteiger partial charge in [-0.1, -0.05) is 12.2 Å². The predicted molar refractivity (Wildman–Crippen MR) is 86.7 cm³/mol. The summed E-state index contributed by atoms with van der Waals surface area (Å²) in [6.45, 7) is 0. The summed E-state index contributed by atoms with van der Waals surface area (Å²) in [7, 11) is 1.31. The number of carbonyl (C=O) groups is 3. The van der Waals surface area contributed by atoms with E-state index in [1.165, 1.54) is 18.4 Å². The van der Waals surface area contributed by atoms with Crippen molar-refractivity contribution in [2.45, 2.75) is 32.1 Å². The summed E-state index contributed by atoms with van der Waals surface area (Å²) in [6.07, 6.45) is 6.85. The summed E-state index contributed by atoms with van der Waals surface area (Å²) in [5.41, 5.74) is 1.36. The number of esters is 1. The van der Waals surface area contributed by atoms with Crippen LogP contribution in [0, 0.1) is 11.8 Å². The average molecular weight is 348 g/mol. The normalized spacial score (nSPS) is 22.0. The van der Waals surface area contributed by atoms with Gasteiger partial charge in [0, 0.05) is 16.8 Å². The van der Waals surface area contributed by atoms with E-state index >= 15 is 0 Å². The molecular formula is C17H18NO5S-. The topological polar surface area (TPSA) is 95.5 Å². The number of anilines is 1. The highest BCUT2D eigenvalue weighted by molar-refractivity contribution is 7.17. The van der Waals surface area contributed by atoms with E-state index in [4.69, 9.17) is 4.74 Å². The molecule has 0 saturated carbocycles. The van der Waals surface area contributed by atoms with Crippen molar-refractivity contribution in [3.63, 3.8) is 0 Å². The number of methoxy groups -OCH3 is 1. The highest BCUT2D eigenvalue weighted by atomic mass is 32.1. The Hall–Kier alpha value is -2.15. The molecular weight excluding hydrogens is 330 g/mol. The van der Waals surface area contributed by atoms with Crippen molar-refractivity contribution < 1.29 is 24.2 Å². The number of rotatable bonds is 4. The Balaban J connectivity index is 1.86. The van der Waals surface area contributed by atoms with Crippen LogP contribution in [0.25, 0.3) is 0 Å². The number of aryl methyl sites for hydroxylation is 1. The smallest absolute Gasteiger partial charge is 0.341 e. The zero-order valence-corrected chi connectivity index (χ0v) is 14.1. The second kappa shape index (κ2) is 6.76. The number of aliphatic carboxylic acids is 1. The van der Waals surface area contributed by atoms with E-state index < -0.39 is 29.7 Å². The van der Waals surface area contributed by atoms with E-state index in [1.807, 2.05) is 0 Å². The molecule has 1 amide bonds. The van der Waals surface area contributed by atoms with E-state index in [0.29, 0.717) is 17.0 Å². The Bertz CT molecular complexity index is 721. The van der Waals surface area contributed by atoms with E-state index in [-0.39, 0.29) is 6.42 Å². The number of nitrogens with one attached hydrogen (secondary N) is 1. The van der Waals surface area contributed by atoms with Gasteiger partial charge >= 0.3 is 5.97 Å². The van der Waals surface area contributed by atoms with Gasteiger partial charge in [-0.2, -0.15) is 0 Å². The number of carboxylic acids is 1. The van der Waals surface area contributed by atoms with Gasteiger partial charge in [0.05, 0.1) is 18.6 Å². The molecule has 128 valence electrons. The molecule has 0 radical (unpaired) electrons. The number of thiophene rings is 1. The fourth-order valence-corrected chi connectivity index (χ4v) is 4.66. The number of ether oxygens (including phenoxy) is 1. The van der Waals surface area contributed by atoms with Gasteiger partial charge in [0.2, 0.25) is 5.91 Å². The van der Waals surface area contributed by atoms with Crippen molar-refractivity contribution in [3.05, 3.63) is 28.2 Å². The standard InChI is InChI=1S/C17H19NO5S/c1-23-17(22)13-11-7-4-8-12(11)24-15(13)18-14(19)9-5-2-3-6-10(9)16(20)21/h2-3,9-10H,4-8H2,1H3,(H,18,19)(H,20,21)/p-1/t9-,10+/m1/s1. The van der Waals surface area contributed by atoms with Crippen LogP contribution in [-0.2, 0) is 27.2 Å². The third kappa shape index (κ3) is 2.96. The molecule has 1 aromatic heterocycles. The molecule has 6 nitrogen and oxygen atoms in total. The van der Waals surface area contributed by atoms with Crippen LogP contribution in [-0.4, -0.2) is 25.0 Å². The van der Waals surface area contributed by atoms with Gasteiger partial charge in [-0.05, 0) is 37.7 Å². The molecule has 0 aromatic carbocycles. The largest absolute Gasteiger partial charge is 0.550 e. The molecule has 1 heterocycles. The zero-order chi connectivity index (χ0) is 17.3. The lowest BCUT2D eigenvalue weighted by Crippen LogP contribution is -2.41. The fourth-order valence-electron chi connectivity index (χ4n) is 3.38. The van der Waals surface area contributed by atoms with Gasteiger partial charge in [0.25, 0.3) is 0 Å². The van der Waals surface area contributed by atoms with Crippen LogP contribution in [0.4, 0.5) is 5.00 Å². The van der Waals surface area contributed by atoms with Crippen molar-refractivity contribution in [2.75, 3.05) is 12.4 Å². The number of carbonyl (C=O) groups excluding carboxylic acids is 3. The predicted octanol–water partition coefficient (Wildman–Crippen LogP) is 1.29. The fraction of sp³-hybridized carbons (Fsp3) is 0.471. The van der Waals surface area contributed by atoms with E-state index in [9.17, 15) is 19.5 Å². The van der Waals surface area contributed by atoms with Crippen molar-refractivity contribution in [1.82, 2.24) is 0 Å².